The highest BCUT2D eigenvalue weighted by molar-refractivity contribution is 7.99. The van der Waals surface area contributed by atoms with Crippen LogP contribution in [-0.4, -0.2) is 34.8 Å². The van der Waals surface area contributed by atoms with Crippen molar-refractivity contribution in [2.45, 2.75) is 29.7 Å². The fraction of sp³-hybridized carbons (Fsp3) is 0.250. The van der Waals surface area contributed by atoms with Crippen LogP contribution in [0.1, 0.15) is 17.0 Å². The van der Waals surface area contributed by atoms with Crippen molar-refractivity contribution in [3.8, 4) is 0 Å². The number of nitrogens with one attached hydrogen (secondary N) is 1. The average molecular weight is 431 g/mol. The average Bonchev–Trinajstić information content (AvgIpc) is 3.03. The zero-order chi connectivity index (χ0) is 21.0. The third-order valence-corrected chi connectivity index (χ3v) is 7.12. The lowest BCUT2D eigenvalue weighted by molar-refractivity contribution is -0.113. The molecule has 1 amide bonds. The summed E-state index contributed by atoms with van der Waals surface area (Å²) in [6.07, 6.45) is 0. The van der Waals surface area contributed by atoms with Crippen LogP contribution in [0.4, 0.5) is 5.69 Å². The van der Waals surface area contributed by atoms with Gasteiger partial charge in [0.1, 0.15) is 11.6 Å². The first-order valence-electron chi connectivity index (χ1n) is 8.92. The monoisotopic (exact) mass is 430 g/mol. The van der Waals surface area contributed by atoms with E-state index in [9.17, 15) is 13.2 Å². The Morgan fingerprint density at radius 2 is 1.79 bits per heavy atom. The van der Waals surface area contributed by atoms with Gasteiger partial charge in [-0.25, -0.2) is 8.42 Å². The lowest BCUT2D eigenvalue weighted by Gasteiger charge is -2.08. The molecule has 1 N–H and O–H groups in total. The Kier molecular flexibility index (Phi) is 6.39. The molecule has 0 aliphatic heterocycles. The minimum atomic E-state index is -3.51. The lowest BCUT2D eigenvalue weighted by Crippen LogP contribution is -2.15. The van der Waals surface area contributed by atoms with E-state index >= 15 is 0 Å². The molecule has 0 aliphatic carbocycles. The molecule has 1 aromatic heterocycles. The summed E-state index contributed by atoms with van der Waals surface area (Å²) in [5, 5.41) is 11.4. The summed E-state index contributed by atoms with van der Waals surface area (Å²) in [7, 11) is -1.82. The summed E-state index contributed by atoms with van der Waals surface area (Å²) in [4.78, 5) is 12.5. The van der Waals surface area contributed by atoms with Crippen molar-refractivity contribution in [1.82, 2.24) is 14.8 Å². The predicted molar refractivity (Wildman–Crippen MR) is 114 cm³/mol. The van der Waals surface area contributed by atoms with Crippen LogP contribution < -0.4 is 5.32 Å². The maximum atomic E-state index is 12.5. The molecule has 2 aromatic carbocycles. The van der Waals surface area contributed by atoms with Crippen LogP contribution in [0.2, 0.25) is 0 Å². The number of nitrogens with zero attached hydrogens (tertiary/aromatic N) is 3. The fourth-order valence-electron chi connectivity index (χ4n) is 2.62. The molecule has 0 unspecified atom stereocenters. The van der Waals surface area contributed by atoms with Gasteiger partial charge >= 0.3 is 0 Å². The van der Waals surface area contributed by atoms with Gasteiger partial charge in [0.25, 0.3) is 0 Å². The number of hydrogen-bond acceptors (Lipinski definition) is 6. The number of thioether (sulfide) groups is 1. The van der Waals surface area contributed by atoms with E-state index in [0.29, 0.717) is 11.0 Å². The fourth-order valence-corrected chi connectivity index (χ4v) is 4.68. The van der Waals surface area contributed by atoms with Crippen LogP contribution in [0, 0.1) is 13.8 Å². The van der Waals surface area contributed by atoms with Crippen LogP contribution in [0.15, 0.2) is 58.6 Å². The molecular weight excluding hydrogens is 408 g/mol. The normalized spacial score (nSPS) is 11.4. The number of anilines is 1. The number of amides is 1. The molecule has 0 saturated carbocycles. The maximum absolute atomic E-state index is 12.5. The molecule has 3 aromatic rings. The molecule has 0 bridgehead atoms. The van der Waals surface area contributed by atoms with E-state index in [1.165, 1.54) is 11.8 Å². The SMILES string of the molecule is Cc1ccc(NC(=O)CSc2nnc(CS(=O)(=O)c3ccccc3)n2C)cc1C. The van der Waals surface area contributed by atoms with E-state index in [2.05, 4.69) is 15.5 Å². The summed E-state index contributed by atoms with van der Waals surface area (Å²) in [6, 6.07) is 14.0. The quantitative estimate of drug-likeness (QED) is 0.579. The van der Waals surface area contributed by atoms with Crippen LogP contribution in [-0.2, 0) is 27.4 Å². The van der Waals surface area contributed by atoms with Crippen LogP contribution in [0.25, 0.3) is 0 Å². The molecule has 0 radical (unpaired) electrons. The minimum absolute atomic E-state index is 0.143. The van der Waals surface area contributed by atoms with Crippen molar-refractivity contribution in [3.05, 3.63) is 65.5 Å². The number of aromatic nitrogens is 3. The second kappa shape index (κ2) is 8.79. The third kappa shape index (κ3) is 5.24. The largest absolute Gasteiger partial charge is 0.325 e. The molecule has 0 saturated heterocycles. The Bertz CT molecular complexity index is 1130. The van der Waals surface area contributed by atoms with Gasteiger partial charge in [-0.3, -0.25) is 4.79 Å². The number of benzene rings is 2. The van der Waals surface area contributed by atoms with Gasteiger partial charge < -0.3 is 9.88 Å². The standard InChI is InChI=1S/C20H22N4O3S2/c1-14-9-10-16(11-15(14)2)21-19(25)12-28-20-23-22-18(24(20)3)13-29(26,27)17-7-5-4-6-8-17/h4-11H,12-13H2,1-3H3,(H,21,25). The molecule has 7 nitrogen and oxygen atoms in total. The molecular formula is C20H22N4O3S2. The lowest BCUT2D eigenvalue weighted by atomic mass is 10.1. The summed E-state index contributed by atoms with van der Waals surface area (Å²) < 4.78 is 26.7. The Balaban J connectivity index is 1.62. The van der Waals surface area contributed by atoms with Crippen LogP contribution in [0.3, 0.4) is 0 Å². The number of carbonyl (C=O) groups is 1. The number of sulfone groups is 1. The molecule has 0 aliphatic rings. The van der Waals surface area contributed by atoms with Crippen LogP contribution in [0.5, 0.6) is 0 Å². The van der Waals surface area contributed by atoms with Crippen molar-refractivity contribution in [3.63, 3.8) is 0 Å². The van der Waals surface area contributed by atoms with Crippen molar-refractivity contribution in [1.29, 1.82) is 0 Å². The van der Waals surface area contributed by atoms with Gasteiger partial charge in [-0.05, 0) is 49.2 Å². The molecule has 152 valence electrons. The van der Waals surface area contributed by atoms with Gasteiger partial charge in [0.2, 0.25) is 5.91 Å². The van der Waals surface area contributed by atoms with Gasteiger partial charge in [-0.15, -0.1) is 10.2 Å². The van der Waals surface area contributed by atoms with Crippen LogP contribution >= 0.6 is 11.8 Å². The summed E-state index contributed by atoms with van der Waals surface area (Å²) >= 11 is 1.21. The summed E-state index contributed by atoms with van der Waals surface area (Å²) in [5.74, 6) is 0.0471. The Hall–Kier alpha value is -2.65. The predicted octanol–water partition coefficient (Wildman–Crippen LogP) is 3.14. The van der Waals surface area contributed by atoms with Gasteiger partial charge in [-0.2, -0.15) is 0 Å². The number of aryl methyl sites for hydroxylation is 2. The number of rotatable bonds is 7. The second-order valence-corrected chi connectivity index (χ2v) is 9.60. The summed E-state index contributed by atoms with van der Waals surface area (Å²) in [5.41, 5.74) is 3.01. The van der Waals surface area contributed by atoms with Gasteiger partial charge in [-0.1, -0.05) is 36.0 Å². The van der Waals surface area contributed by atoms with Gasteiger partial charge in [0.05, 0.1) is 10.6 Å². The minimum Gasteiger partial charge on any atom is -0.325 e. The van der Waals surface area contributed by atoms with E-state index in [1.807, 2.05) is 32.0 Å². The molecule has 1 heterocycles. The molecule has 3 rings (SSSR count). The highest BCUT2D eigenvalue weighted by Gasteiger charge is 2.20. The topological polar surface area (TPSA) is 94.0 Å². The Labute approximate surface area is 174 Å². The molecule has 9 heteroatoms. The summed E-state index contributed by atoms with van der Waals surface area (Å²) in [6.45, 7) is 4.00. The first-order valence-corrected chi connectivity index (χ1v) is 11.6. The number of carbonyl (C=O) groups excluding carboxylic acids is 1. The van der Waals surface area contributed by atoms with Gasteiger partial charge in [0.15, 0.2) is 15.0 Å². The smallest absolute Gasteiger partial charge is 0.234 e. The maximum Gasteiger partial charge on any atom is 0.234 e. The Morgan fingerprint density at radius 1 is 1.07 bits per heavy atom. The highest BCUT2D eigenvalue weighted by Crippen LogP contribution is 2.20. The Morgan fingerprint density at radius 3 is 2.48 bits per heavy atom. The first-order chi connectivity index (χ1) is 13.8. The van der Waals surface area contributed by atoms with E-state index in [-0.39, 0.29) is 22.3 Å². The molecule has 29 heavy (non-hydrogen) atoms. The number of hydrogen-bond donors (Lipinski definition) is 1. The van der Waals surface area contributed by atoms with E-state index in [0.717, 1.165) is 16.8 Å². The van der Waals surface area contributed by atoms with E-state index in [1.54, 1.807) is 41.9 Å². The second-order valence-electron chi connectivity index (χ2n) is 6.67. The van der Waals surface area contributed by atoms with Crippen molar-refractivity contribution < 1.29 is 13.2 Å². The molecule has 0 atom stereocenters. The third-order valence-electron chi connectivity index (χ3n) is 4.47. The zero-order valence-electron chi connectivity index (χ0n) is 16.4. The first kappa shape index (κ1) is 21.1. The van der Waals surface area contributed by atoms with Crippen molar-refractivity contribution >= 4 is 33.2 Å². The molecule has 0 fully saturated rings. The van der Waals surface area contributed by atoms with E-state index < -0.39 is 9.84 Å². The van der Waals surface area contributed by atoms with E-state index in [4.69, 9.17) is 0 Å². The highest BCUT2D eigenvalue weighted by atomic mass is 32.2. The van der Waals surface area contributed by atoms with Crippen molar-refractivity contribution in [2.75, 3.05) is 11.1 Å². The van der Waals surface area contributed by atoms with Crippen molar-refractivity contribution in [2.24, 2.45) is 7.05 Å². The zero-order valence-corrected chi connectivity index (χ0v) is 18.0. The van der Waals surface area contributed by atoms with Gasteiger partial charge in [0, 0.05) is 12.7 Å². The molecule has 0 spiro atoms.